The maximum atomic E-state index is 13.5. The van der Waals surface area contributed by atoms with Crippen LogP contribution in [0.2, 0.25) is 0 Å². The third-order valence-electron chi connectivity index (χ3n) is 7.58. The molecule has 37 heavy (non-hydrogen) atoms. The van der Waals surface area contributed by atoms with Gasteiger partial charge in [-0.15, -0.1) is 0 Å². The fourth-order valence-corrected chi connectivity index (χ4v) is 6.57. The molecule has 1 heterocycles. The van der Waals surface area contributed by atoms with E-state index in [-0.39, 0.29) is 37.1 Å². The number of sulfone groups is 1. The van der Waals surface area contributed by atoms with Crippen molar-refractivity contribution in [2.75, 3.05) is 31.7 Å². The lowest BCUT2D eigenvalue weighted by atomic mass is 9.85. The van der Waals surface area contributed by atoms with Gasteiger partial charge in [-0.2, -0.15) is 0 Å². The Labute approximate surface area is 220 Å². The number of ether oxygens (including phenoxy) is 2. The molecule has 1 aliphatic heterocycles. The van der Waals surface area contributed by atoms with Crippen LogP contribution in [0.1, 0.15) is 60.0 Å². The van der Waals surface area contributed by atoms with Gasteiger partial charge in [-0.05, 0) is 53.6 Å². The normalized spacial score (nSPS) is 18.8. The fraction of sp³-hybridized carbons (Fsp3) is 0.517. The molecular formula is C29H37NO6S. The van der Waals surface area contributed by atoms with Crippen LogP contribution in [0.4, 0.5) is 0 Å². The Balaban J connectivity index is 1.55. The Kier molecular flexibility index (Phi) is 9.03. The highest BCUT2D eigenvalue weighted by atomic mass is 32.2. The highest BCUT2D eigenvalue weighted by molar-refractivity contribution is 7.91. The van der Waals surface area contributed by atoms with E-state index >= 15 is 0 Å². The van der Waals surface area contributed by atoms with E-state index in [1.165, 1.54) is 26.4 Å². The summed E-state index contributed by atoms with van der Waals surface area (Å²) in [6.45, 7) is 2.65. The average Bonchev–Trinajstić information content (AvgIpc) is 2.91. The van der Waals surface area contributed by atoms with Crippen LogP contribution in [-0.2, 0) is 30.7 Å². The van der Waals surface area contributed by atoms with E-state index in [0.29, 0.717) is 17.9 Å². The standard InChI is InChI=1S/C29H37NO6S/c1-21-8-6-7-11-24(21)26-18-23(12-13-25(26)29(32)35-2)20-36-27(19-22-9-4-3-5-10-22)28(31)30-14-16-37(33,34)17-15-30/h6-8,11-13,18,22,27H,3-5,9-10,14-17,19-20H2,1-2H3/t27-/m0/s1. The van der Waals surface area contributed by atoms with Gasteiger partial charge >= 0.3 is 5.97 Å². The third kappa shape index (κ3) is 6.99. The molecule has 2 fully saturated rings. The van der Waals surface area contributed by atoms with Crippen molar-refractivity contribution in [2.24, 2.45) is 5.92 Å². The van der Waals surface area contributed by atoms with Gasteiger partial charge in [-0.25, -0.2) is 13.2 Å². The SMILES string of the molecule is COC(=O)c1ccc(CO[C@@H](CC2CCCCC2)C(=O)N2CCS(=O)(=O)CC2)cc1-c1ccccc1C. The quantitative estimate of drug-likeness (QED) is 0.468. The largest absolute Gasteiger partial charge is 0.465 e. The lowest BCUT2D eigenvalue weighted by Gasteiger charge is -2.32. The number of methoxy groups -OCH3 is 1. The summed E-state index contributed by atoms with van der Waals surface area (Å²) in [6, 6.07) is 13.4. The lowest BCUT2D eigenvalue weighted by molar-refractivity contribution is -0.145. The van der Waals surface area contributed by atoms with Crippen molar-refractivity contribution in [3.05, 3.63) is 59.2 Å². The Hall–Kier alpha value is -2.71. The van der Waals surface area contributed by atoms with E-state index in [2.05, 4.69) is 0 Å². The minimum absolute atomic E-state index is 0.00364. The smallest absolute Gasteiger partial charge is 0.338 e. The second-order valence-corrected chi connectivity index (χ2v) is 12.5. The second kappa shape index (κ2) is 12.2. The van der Waals surface area contributed by atoms with Gasteiger partial charge in [-0.1, -0.05) is 62.4 Å². The molecule has 4 rings (SSSR count). The van der Waals surface area contributed by atoms with Gasteiger partial charge in [-0.3, -0.25) is 4.79 Å². The molecule has 0 aromatic heterocycles. The predicted octanol–water partition coefficient (Wildman–Crippen LogP) is 4.56. The van der Waals surface area contributed by atoms with Gasteiger partial charge in [0.05, 0.1) is 30.8 Å². The molecule has 0 N–H and O–H groups in total. The van der Waals surface area contributed by atoms with Gasteiger partial charge in [0.25, 0.3) is 5.91 Å². The monoisotopic (exact) mass is 527 g/mol. The molecule has 0 unspecified atom stereocenters. The van der Waals surface area contributed by atoms with Crippen molar-refractivity contribution in [1.29, 1.82) is 0 Å². The zero-order chi connectivity index (χ0) is 26.4. The number of benzene rings is 2. The van der Waals surface area contributed by atoms with Gasteiger partial charge in [0.2, 0.25) is 0 Å². The van der Waals surface area contributed by atoms with Crippen LogP contribution in [0.25, 0.3) is 11.1 Å². The molecule has 1 saturated carbocycles. The molecular weight excluding hydrogens is 490 g/mol. The van der Waals surface area contributed by atoms with E-state index < -0.39 is 21.9 Å². The van der Waals surface area contributed by atoms with Crippen LogP contribution in [0.3, 0.4) is 0 Å². The molecule has 0 bridgehead atoms. The van der Waals surface area contributed by atoms with Crippen molar-refractivity contribution in [3.8, 4) is 11.1 Å². The topological polar surface area (TPSA) is 90.0 Å². The van der Waals surface area contributed by atoms with Crippen molar-refractivity contribution < 1.29 is 27.5 Å². The van der Waals surface area contributed by atoms with Crippen LogP contribution >= 0.6 is 0 Å². The van der Waals surface area contributed by atoms with E-state index in [9.17, 15) is 18.0 Å². The number of nitrogens with zero attached hydrogens (tertiary/aromatic N) is 1. The predicted molar refractivity (Wildman–Crippen MR) is 143 cm³/mol. The number of hydrogen-bond donors (Lipinski definition) is 0. The molecule has 1 amide bonds. The highest BCUT2D eigenvalue weighted by Crippen LogP contribution is 2.31. The number of carbonyl (C=O) groups excluding carboxylic acids is 2. The molecule has 2 aliphatic rings. The summed E-state index contributed by atoms with van der Waals surface area (Å²) >= 11 is 0. The van der Waals surface area contributed by atoms with Crippen molar-refractivity contribution in [1.82, 2.24) is 4.90 Å². The summed E-state index contributed by atoms with van der Waals surface area (Å²) in [5, 5.41) is 0. The van der Waals surface area contributed by atoms with Gasteiger partial charge in [0.1, 0.15) is 6.10 Å². The zero-order valence-corrected chi connectivity index (χ0v) is 22.6. The molecule has 1 aliphatic carbocycles. The maximum Gasteiger partial charge on any atom is 0.338 e. The van der Waals surface area contributed by atoms with E-state index in [4.69, 9.17) is 9.47 Å². The van der Waals surface area contributed by atoms with Crippen LogP contribution in [0.5, 0.6) is 0 Å². The Morgan fingerprint density at radius 3 is 2.38 bits per heavy atom. The average molecular weight is 528 g/mol. The molecule has 200 valence electrons. The summed E-state index contributed by atoms with van der Waals surface area (Å²) in [6.07, 6.45) is 5.77. The minimum atomic E-state index is -3.08. The number of hydrogen-bond acceptors (Lipinski definition) is 6. The summed E-state index contributed by atoms with van der Waals surface area (Å²) in [7, 11) is -1.71. The first-order chi connectivity index (χ1) is 17.8. The molecule has 2 aromatic carbocycles. The van der Waals surface area contributed by atoms with Crippen LogP contribution in [0.15, 0.2) is 42.5 Å². The number of rotatable bonds is 8. The molecule has 1 atom stereocenters. The number of amides is 1. The van der Waals surface area contributed by atoms with E-state index in [1.54, 1.807) is 11.0 Å². The molecule has 1 saturated heterocycles. The van der Waals surface area contributed by atoms with Crippen molar-refractivity contribution >= 4 is 21.7 Å². The molecule has 0 spiro atoms. The van der Waals surface area contributed by atoms with Crippen LogP contribution in [0, 0.1) is 12.8 Å². The number of aryl methyl sites for hydroxylation is 1. The maximum absolute atomic E-state index is 13.5. The first-order valence-corrected chi connectivity index (χ1v) is 15.0. The van der Waals surface area contributed by atoms with E-state index in [0.717, 1.165) is 35.1 Å². The fourth-order valence-electron chi connectivity index (χ4n) is 5.37. The first-order valence-electron chi connectivity index (χ1n) is 13.2. The number of esters is 1. The summed E-state index contributed by atoms with van der Waals surface area (Å²) in [4.78, 5) is 27.6. The Bertz CT molecular complexity index is 1200. The highest BCUT2D eigenvalue weighted by Gasteiger charge is 2.32. The summed E-state index contributed by atoms with van der Waals surface area (Å²) in [5.74, 6) is -0.0878. The molecule has 7 nitrogen and oxygen atoms in total. The molecule has 0 radical (unpaired) electrons. The van der Waals surface area contributed by atoms with Crippen molar-refractivity contribution in [3.63, 3.8) is 0 Å². The van der Waals surface area contributed by atoms with Gasteiger partial charge < -0.3 is 14.4 Å². The van der Waals surface area contributed by atoms with E-state index in [1.807, 2.05) is 43.3 Å². The first kappa shape index (κ1) is 27.3. The molecule has 2 aromatic rings. The second-order valence-electron chi connectivity index (χ2n) is 10.2. The molecule has 8 heteroatoms. The third-order valence-corrected chi connectivity index (χ3v) is 9.19. The Morgan fingerprint density at radius 1 is 1.00 bits per heavy atom. The summed E-state index contributed by atoms with van der Waals surface area (Å²) < 4.78 is 35.1. The van der Waals surface area contributed by atoms with Crippen molar-refractivity contribution in [2.45, 2.75) is 58.2 Å². The van der Waals surface area contributed by atoms with Gasteiger partial charge in [0, 0.05) is 13.1 Å². The summed E-state index contributed by atoms with van der Waals surface area (Å²) in [5.41, 5.74) is 4.08. The van der Waals surface area contributed by atoms with Crippen LogP contribution < -0.4 is 0 Å². The zero-order valence-electron chi connectivity index (χ0n) is 21.8. The Morgan fingerprint density at radius 2 is 1.70 bits per heavy atom. The van der Waals surface area contributed by atoms with Gasteiger partial charge in [0.15, 0.2) is 9.84 Å². The van der Waals surface area contributed by atoms with Crippen LogP contribution in [-0.4, -0.2) is 63.0 Å². The number of carbonyl (C=O) groups is 2. The lowest BCUT2D eigenvalue weighted by Crippen LogP contribution is -2.48. The minimum Gasteiger partial charge on any atom is -0.465 e.